The highest BCUT2D eigenvalue weighted by molar-refractivity contribution is 6.41. The molecule has 21 heavy (non-hydrogen) atoms. The molecule has 3 nitrogen and oxygen atoms in total. The van der Waals surface area contributed by atoms with Crippen LogP contribution in [0.2, 0.25) is 10.2 Å². The molecule has 3 rings (SSSR count). The molecular weight excluding hydrogens is 307 g/mol. The van der Waals surface area contributed by atoms with Gasteiger partial charge in [-0.1, -0.05) is 41.4 Å². The molecule has 0 N–H and O–H groups in total. The average Bonchev–Trinajstić information content (AvgIpc) is 2.50. The summed E-state index contributed by atoms with van der Waals surface area (Å²) in [6.07, 6.45) is 0. The van der Waals surface area contributed by atoms with Crippen LogP contribution in [0.3, 0.4) is 0 Å². The van der Waals surface area contributed by atoms with Gasteiger partial charge >= 0.3 is 0 Å². The van der Waals surface area contributed by atoms with E-state index in [0.29, 0.717) is 21.4 Å². The van der Waals surface area contributed by atoms with Crippen molar-refractivity contribution in [3.05, 3.63) is 52.1 Å². The third kappa shape index (κ3) is 2.55. The van der Waals surface area contributed by atoms with E-state index >= 15 is 0 Å². The monoisotopic (exact) mass is 318 g/mol. The van der Waals surface area contributed by atoms with E-state index < -0.39 is 0 Å². The number of aryl methyl sites for hydroxylation is 1. The first-order chi connectivity index (χ1) is 10.1. The van der Waals surface area contributed by atoms with E-state index in [2.05, 4.69) is 9.97 Å². The summed E-state index contributed by atoms with van der Waals surface area (Å²) >= 11 is 12.5. The summed E-state index contributed by atoms with van der Waals surface area (Å²) in [5.41, 5.74) is 2.61. The first-order valence-electron chi connectivity index (χ1n) is 6.37. The lowest BCUT2D eigenvalue weighted by Crippen LogP contribution is -1.95. The van der Waals surface area contributed by atoms with Crippen LogP contribution in [0.4, 0.5) is 0 Å². The number of aromatic nitrogens is 2. The highest BCUT2D eigenvalue weighted by Crippen LogP contribution is 2.32. The van der Waals surface area contributed by atoms with E-state index in [-0.39, 0.29) is 0 Å². The van der Waals surface area contributed by atoms with Gasteiger partial charge in [0.25, 0.3) is 0 Å². The largest absolute Gasteiger partial charge is 0.497 e. The molecule has 0 aliphatic carbocycles. The molecule has 0 fully saturated rings. The second-order valence-corrected chi connectivity index (χ2v) is 5.42. The van der Waals surface area contributed by atoms with Crippen molar-refractivity contribution in [2.75, 3.05) is 7.11 Å². The minimum atomic E-state index is 0.353. The molecule has 0 bridgehead atoms. The lowest BCUT2D eigenvalue weighted by molar-refractivity contribution is 0.415. The standard InChI is InChI=1S/C16H12Cl2N2O/c1-9-6-7-12(17)13-14(9)19-16(20-15(13)18)10-4-3-5-11(8-10)21-2/h3-8H,1-2H3. The Bertz CT molecular complexity index is 834. The number of ether oxygens (including phenoxy) is 1. The van der Waals surface area contributed by atoms with Crippen molar-refractivity contribution in [1.29, 1.82) is 0 Å². The van der Waals surface area contributed by atoms with Crippen molar-refractivity contribution in [1.82, 2.24) is 9.97 Å². The topological polar surface area (TPSA) is 35.0 Å². The highest BCUT2D eigenvalue weighted by atomic mass is 35.5. The van der Waals surface area contributed by atoms with Gasteiger partial charge < -0.3 is 4.74 Å². The van der Waals surface area contributed by atoms with Crippen LogP contribution >= 0.6 is 23.2 Å². The van der Waals surface area contributed by atoms with Crippen LogP contribution in [0.15, 0.2) is 36.4 Å². The van der Waals surface area contributed by atoms with Crippen molar-refractivity contribution < 1.29 is 4.74 Å². The molecule has 5 heteroatoms. The zero-order valence-corrected chi connectivity index (χ0v) is 13.0. The first kappa shape index (κ1) is 14.1. The van der Waals surface area contributed by atoms with Gasteiger partial charge in [-0.05, 0) is 30.7 Å². The van der Waals surface area contributed by atoms with E-state index in [1.54, 1.807) is 13.2 Å². The minimum absolute atomic E-state index is 0.353. The Hall–Kier alpha value is -1.84. The quantitative estimate of drug-likeness (QED) is 0.629. The third-order valence-electron chi connectivity index (χ3n) is 3.28. The normalized spacial score (nSPS) is 10.9. The number of halogens is 2. The summed E-state index contributed by atoms with van der Waals surface area (Å²) in [4.78, 5) is 8.97. The van der Waals surface area contributed by atoms with Gasteiger partial charge in [-0.3, -0.25) is 0 Å². The van der Waals surface area contributed by atoms with Crippen molar-refractivity contribution in [3.8, 4) is 17.1 Å². The molecule has 3 aromatic rings. The number of hydrogen-bond acceptors (Lipinski definition) is 3. The van der Waals surface area contributed by atoms with Gasteiger partial charge in [0, 0.05) is 5.56 Å². The van der Waals surface area contributed by atoms with Crippen molar-refractivity contribution >= 4 is 34.1 Å². The van der Waals surface area contributed by atoms with E-state index in [0.717, 1.165) is 22.4 Å². The number of rotatable bonds is 2. The maximum Gasteiger partial charge on any atom is 0.161 e. The second-order valence-electron chi connectivity index (χ2n) is 4.66. The smallest absolute Gasteiger partial charge is 0.161 e. The van der Waals surface area contributed by atoms with Gasteiger partial charge in [0.05, 0.1) is 23.0 Å². The Morgan fingerprint density at radius 1 is 1.05 bits per heavy atom. The zero-order valence-electron chi connectivity index (χ0n) is 11.5. The molecule has 0 aliphatic rings. The molecule has 0 aliphatic heterocycles. The maximum absolute atomic E-state index is 6.30. The number of methoxy groups -OCH3 is 1. The molecule has 0 radical (unpaired) electrons. The van der Waals surface area contributed by atoms with Crippen LogP contribution in [0.1, 0.15) is 5.56 Å². The van der Waals surface area contributed by atoms with E-state index in [1.807, 2.05) is 37.3 Å². The fourth-order valence-electron chi connectivity index (χ4n) is 2.18. The molecule has 0 atom stereocenters. The summed E-state index contributed by atoms with van der Waals surface area (Å²) in [6.45, 7) is 1.97. The predicted molar refractivity (Wildman–Crippen MR) is 86.3 cm³/mol. The summed E-state index contributed by atoms with van der Waals surface area (Å²) < 4.78 is 5.23. The van der Waals surface area contributed by atoms with Gasteiger partial charge in [0.15, 0.2) is 5.82 Å². The molecule has 1 heterocycles. The van der Waals surface area contributed by atoms with Crippen LogP contribution in [0.25, 0.3) is 22.3 Å². The molecule has 106 valence electrons. The van der Waals surface area contributed by atoms with Crippen LogP contribution in [-0.4, -0.2) is 17.1 Å². The molecule has 0 amide bonds. The van der Waals surface area contributed by atoms with Crippen molar-refractivity contribution in [3.63, 3.8) is 0 Å². The van der Waals surface area contributed by atoms with Crippen LogP contribution in [0.5, 0.6) is 5.75 Å². The van der Waals surface area contributed by atoms with E-state index in [4.69, 9.17) is 27.9 Å². The van der Waals surface area contributed by atoms with Crippen molar-refractivity contribution in [2.24, 2.45) is 0 Å². The first-order valence-corrected chi connectivity index (χ1v) is 7.12. The summed E-state index contributed by atoms with van der Waals surface area (Å²) in [5.74, 6) is 1.30. The van der Waals surface area contributed by atoms with Crippen LogP contribution in [0, 0.1) is 6.92 Å². The maximum atomic E-state index is 6.30. The van der Waals surface area contributed by atoms with Crippen LogP contribution in [-0.2, 0) is 0 Å². The van der Waals surface area contributed by atoms with Gasteiger partial charge in [0.2, 0.25) is 0 Å². The lowest BCUT2D eigenvalue weighted by atomic mass is 10.1. The van der Waals surface area contributed by atoms with Gasteiger partial charge in [-0.2, -0.15) is 0 Å². The fourth-order valence-corrected chi connectivity index (χ4v) is 2.74. The van der Waals surface area contributed by atoms with E-state index in [9.17, 15) is 0 Å². The number of nitrogens with zero attached hydrogens (tertiary/aromatic N) is 2. The fraction of sp³-hybridized carbons (Fsp3) is 0.125. The van der Waals surface area contributed by atoms with Gasteiger partial charge in [0.1, 0.15) is 10.9 Å². The summed E-state index contributed by atoms with van der Waals surface area (Å²) in [6, 6.07) is 11.3. The minimum Gasteiger partial charge on any atom is -0.497 e. The van der Waals surface area contributed by atoms with Gasteiger partial charge in [-0.15, -0.1) is 0 Å². The molecule has 2 aromatic carbocycles. The SMILES string of the molecule is COc1cccc(-c2nc(Cl)c3c(Cl)ccc(C)c3n2)c1. The summed E-state index contributed by atoms with van der Waals surface area (Å²) in [7, 11) is 1.62. The highest BCUT2D eigenvalue weighted by Gasteiger charge is 2.13. The summed E-state index contributed by atoms with van der Waals surface area (Å²) in [5, 5.41) is 1.59. The number of benzene rings is 2. The Labute approximate surface area is 132 Å². The average molecular weight is 319 g/mol. The van der Waals surface area contributed by atoms with Gasteiger partial charge in [-0.25, -0.2) is 9.97 Å². The Morgan fingerprint density at radius 2 is 1.86 bits per heavy atom. The molecule has 0 saturated heterocycles. The Balaban J connectivity index is 2.27. The molecule has 0 spiro atoms. The molecule has 0 unspecified atom stereocenters. The number of hydrogen-bond donors (Lipinski definition) is 0. The predicted octanol–water partition coefficient (Wildman–Crippen LogP) is 4.92. The second kappa shape index (κ2) is 5.51. The molecular formula is C16H12Cl2N2O. The molecule has 1 aromatic heterocycles. The Kier molecular flexibility index (Phi) is 3.70. The molecule has 0 saturated carbocycles. The van der Waals surface area contributed by atoms with Crippen molar-refractivity contribution in [2.45, 2.75) is 6.92 Å². The van der Waals surface area contributed by atoms with E-state index in [1.165, 1.54) is 0 Å². The lowest BCUT2D eigenvalue weighted by Gasteiger charge is -2.09. The zero-order chi connectivity index (χ0) is 15.0. The van der Waals surface area contributed by atoms with Crippen LogP contribution < -0.4 is 4.74 Å². The third-order valence-corrected chi connectivity index (χ3v) is 3.87. The number of fused-ring (bicyclic) bond motifs is 1. The Morgan fingerprint density at radius 3 is 2.62 bits per heavy atom.